The molecule has 43 heavy (non-hydrogen) atoms. The first-order valence-electron chi connectivity index (χ1n) is 12.1. The topological polar surface area (TPSA) is 112 Å². The van der Waals surface area contributed by atoms with Gasteiger partial charge in [0.25, 0.3) is 0 Å². The van der Waals surface area contributed by atoms with Crippen LogP contribution in [0.25, 0.3) is 0 Å². The minimum absolute atomic E-state index is 0.208. The van der Waals surface area contributed by atoms with Crippen molar-refractivity contribution in [2.24, 2.45) is 0 Å². The van der Waals surface area contributed by atoms with E-state index in [9.17, 15) is 53.1 Å². The smallest absolute Gasteiger partial charge is 0.458 e. The van der Waals surface area contributed by atoms with E-state index in [4.69, 9.17) is 9.47 Å². The predicted molar refractivity (Wildman–Crippen MR) is 136 cm³/mol. The maximum Gasteiger partial charge on any atom is 0.458 e. The molecule has 0 N–H and O–H groups in total. The van der Waals surface area contributed by atoms with Crippen LogP contribution >= 0.6 is 11.3 Å². The molecule has 0 aliphatic rings. The van der Waals surface area contributed by atoms with Crippen LogP contribution in [0.3, 0.4) is 0 Å². The second-order valence-corrected chi connectivity index (χ2v) is 13.0. The van der Waals surface area contributed by atoms with Crippen LogP contribution < -0.4 is 9.64 Å². The summed E-state index contributed by atoms with van der Waals surface area (Å²) in [5, 5.41) is 0. The zero-order valence-electron chi connectivity index (χ0n) is 23.2. The van der Waals surface area contributed by atoms with Crippen LogP contribution in [0.1, 0.15) is 54.7 Å². The summed E-state index contributed by atoms with van der Waals surface area (Å²) in [6, 6.07) is 0.873. The standard InChI is InChI=1S/C24H26F8N2O7S2/c1-6-39-19(35)14-9-17(23(28,29)24(30,31)32)42-15(14)11-34(20(36)41-21(3,4)5)18-16(43(37,38)7-2)8-13(10-33-18)40-12-22(25,26)27/h8-10H,6-7,11-12H2,1-5H3. The van der Waals surface area contributed by atoms with Crippen molar-refractivity contribution in [2.75, 3.05) is 23.9 Å². The van der Waals surface area contributed by atoms with Crippen LogP contribution in [0.5, 0.6) is 5.75 Å². The van der Waals surface area contributed by atoms with Crippen LogP contribution in [-0.4, -0.2) is 62.4 Å². The van der Waals surface area contributed by atoms with Crippen molar-refractivity contribution in [3.63, 3.8) is 0 Å². The Balaban J connectivity index is 2.82. The maximum atomic E-state index is 14.3. The number of halogens is 8. The molecular formula is C24H26F8N2O7S2. The molecule has 0 saturated carbocycles. The summed E-state index contributed by atoms with van der Waals surface area (Å²) in [6.07, 6.45) is -11.6. The molecule has 0 aliphatic carbocycles. The Hall–Kier alpha value is -3.22. The number of esters is 1. The summed E-state index contributed by atoms with van der Waals surface area (Å²) in [5.74, 6) is -8.88. The number of anilines is 1. The Kier molecular flexibility index (Phi) is 10.7. The van der Waals surface area contributed by atoms with Crippen molar-refractivity contribution in [1.29, 1.82) is 0 Å². The molecule has 2 aromatic rings. The van der Waals surface area contributed by atoms with Crippen LogP contribution in [0.15, 0.2) is 23.2 Å². The summed E-state index contributed by atoms with van der Waals surface area (Å²) in [7, 11) is -4.42. The van der Waals surface area contributed by atoms with Gasteiger partial charge in [0, 0.05) is 10.9 Å². The number of carbonyl (C=O) groups is 2. The average molecular weight is 671 g/mol. The number of ether oxygens (including phenoxy) is 3. The van der Waals surface area contributed by atoms with Crippen molar-refractivity contribution < 1.29 is 67.3 Å². The monoisotopic (exact) mass is 670 g/mol. The molecule has 9 nitrogen and oxygen atoms in total. The number of pyridine rings is 1. The van der Waals surface area contributed by atoms with Gasteiger partial charge in [0.15, 0.2) is 22.3 Å². The molecular weight excluding hydrogens is 644 g/mol. The van der Waals surface area contributed by atoms with Gasteiger partial charge < -0.3 is 14.2 Å². The van der Waals surface area contributed by atoms with Crippen LogP contribution in [0, 0.1) is 0 Å². The molecule has 0 saturated heterocycles. The molecule has 0 aromatic carbocycles. The molecule has 0 radical (unpaired) electrons. The zero-order valence-corrected chi connectivity index (χ0v) is 24.8. The highest BCUT2D eigenvalue weighted by Crippen LogP contribution is 2.47. The molecule has 0 atom stereocenters. The second-order valence-electron chi connectivity index (χ2n) is 9.61. The fourth-order valence-electron chi connectivity index (χ4n) is 3.16. The molecule has 1 amide bonds. The SMILES string of the molecule is CCOC(=O)c1cc(C(F)(F)C(F)(F)F)sc1CN(C(=O)OC(C)(C)C)c1ncc(OCC(F)(F)F)cc1S(=O)(=O)CC. The molecule has 0 fully saturated rings. The van der Waals surface area contributed by atoms with Crippen LogP contribution in [-0.2, 0) is 31.8 Å². The molecule has 19 heteroatoms. The number of hydrogen-bond acceptors (Lipinski definition) is 9. The lowest BCUT2D eigenvalue weighted by molar-refractivity contribution is -0.287. The van der Waals surface area contributed by atoms with Gasteiger partial charge in [-0.05, 0) is 33.8 Å². The summed E-state index contributed by atoms with van der Waals surface area (Å²) in [6.45, 7) is 3.49. The predicted octanol–water partition coefficient (Wildman–Crippen LogP) is 6.65. The Morgan fingerprint density at radius 1 is 1.00 bits per heavy atom. The van der Waals surface area contributed by atoms with Crippen molar-refractivity contribution in [2.45, 2.75) is 69.9 Å². The van der Waals surface area contributed by atoms with Gasteiger partial charge in [-0.2, -0.15) is 35.1 Å². The van der Waals surface area contributed by atoms with E-state index in [1.165, 1.54) is 27.7 Å². The fraction of sp³-hybridized carbons (Fsp3) is 0.542. The Morgan fingerprint density at radius 2 is 1.60 bits per heavy atom. The van der Waals surface area contributed by atoms with E-state index in [1.807, 2.05) is 0 Å². The quantitative estimate of drug-likeness (QED) is 0.204. The summed E-state index contributed by atoms with van der Waals surface area (Å²) in [4.78, 5) is 27.0. The van der Waals surface area contributed by atoms with Gasteiger partial charge in [-0.1, -0.05) is 6.92 Å². The van der Waals surface area contributed by atoms with Gasteiger partial charge in [-0.3, -0.25) is 4.90 Å². The number of amides is 1. The van der Waals surface area contributed by atoms with Crippen molar-refractivity contribution in [3.05, 3.63) is 33.6 Å². The lowest BCUT2D eigenvalue weighted by Gasteiger charge is -2.28. The van der Waals surface area contributed by atoms with E-state index in [1.54, 1.807) is 0 Å². The van der Waals surface area contributed by atoms with E-state index in [2.05, 4.69) is 9.72 Å². The van der Waals surface area contributed by atoms with E-state index >= 15 is 0 Å². The van der Waals surface area contributed by atoms with Crippen LogP contribution in [0.2, 0.25) is 0 Å². The third-order valence-electron chi connectivity index (χ3n) is 5.07. The lowest BCUT2D eigenvalue weighted by Crippen LogP contribution is -2.38. The Morgan fingerprint density at radius 3 is 2.09 bits per heavy atom. The lowest BCUT2D eigenvalue weighted by atomic mass is 10.2. The molecule has 0 unspecified atom stereocenters. The second kappa shape index (κ2) is 12.8. The highest BCUT2D eigenvalue weighted by Gasteiger charge is 2.60. The number of sulfone groups is 1. The fourth-order valence-corrected chi connectivity index (χ4v) is 5.34. The third kappa shape index (κ3) is 9.14. The first-order valence-corrected chi connectivity index (χ1v) is 14.6. The van der Waals surface area contributed by atoms with Crippen molar-refractivity contribution in [1.82, 2.24) is 4.98 Å². The van der Waals surface area contributed by atoms with Gasteiger partial charge in [-0.25, -0.2) is 23.0 Å². The minimum atomic E-state index is -6.07. The molecule has 242 valence electrons. The normalized spacial score (nSPS) is 13.0. The van der Waals surface area contributed by atoms with Gasteiger partial charge in [-0.15, -0.1) is 11.3 Å². The van der Waals surface area contributed by atoms with Crippen molar-refractivity contribution in [3.8, 4) is 5.75 Å². The maximum absolute atomic E-state index is 14.3. The van der Waals surface area contributed by atoms with Gasteiger partial charge in [0.2, 0.25) is 0 Å². The minimum Gasteiger partial charge on any atom is -0.482 e. The first-order chi connectivity index (χ1) is 19.4. The molecule has 2 aromatic heterocycles. The van der Waals surface area contributed by atoms with Gasteiger partial charge >= 0.3 is 30.3 Å². The van der Waals surface area contributed by atoms with E-state index in [0.717, 1.165) is 6.92 Å². The highest BCUT2D eigenvalue weighted by molar-refractivity contribution is 7.91. The van der Waals surface area contributed by atoms with E-state index < -0.39 is 96.5 Å². The van der Waals surface area contributed by atoms with Gasteiger partial charge in [0.1, 0.15) is 16.2 Å². The molecule has 0 spiro atoms. The molecule has 0 aliphatic heterocycles. The number of carbonyl (C=O) groups excluding carboxylic acids is 2. The van der Waals surface area contributed by atoms with Crippen LogP contribution in [0.4, 0.5) is 45.7 Å². The third-order valence-corrected chi connectivity index (χ3v) is 7.99. The number of hydrogen-bond donors (Lipinski definition) is 0. The average Bonchev–Trinajstić information content (AvgIpc) is 3.29. The number of alkyl halides is 8. The molecule has 2 heterocycles. The largest absolute Gasteiger partial charge is 0.482 e. The number of aromatic nitrogens is 1. The summed E-state index contributed by atoms with van der Waals surface area (Å²) < 4.78 is 146. The summed E-state index contributed by atoms with van der Waals surface area (Å²) >= 11 is -0.208. The van der Waals surface area contributed by atoms with E-state index in [-0.39, 0.29) is 24.0 Å². The summed E-state index contributed by atoms with van der Waals surface area (Å²) in [5.41, 5.74) is -2.06. The van der Waals surface area contributed by atoms with E-state index in [0.29, 0.717) is 17.2 Å². The number of rotatable bonds is 10. The molecule has 2 rings (SSSR count). The first kappa shape index (κ1) is 36.0. The molecule has 0 bridgehead atoms. The highest BCUT2D eigenvalue weighted by atomic mass is 32.2. The number of nitrogens with zero attached hydrogens (tertiary/aromatic N) is 2. The Bertz CT molecular complexity index is 1430. The number of thiophene rings is 1. The Labute approximate surface area is 244 Å². The zero-order chi connectivity index (χ0) is 33.2. The van der Waals surface area contributed by atoms with Gasteiger partial charge in [0.05, 0.1) is 35.5 Å². The van der Waals surface area contributed by atoms with Crippen molar-refractivity contribution >= 4 is 39.1 Å².